The largest absolute Gasteiger partial charge is 0.435 e. The maximum atomic E-state index is 13.7. The Morgan fingerprint density at radius 2 is 1.39 bits per heavy atom. The second-order valence-corrected chi connectivity index (χ2v) is 14.3. The highest BCUT2D eigenvalue weighted by atomic mass is 16.7. The van der Waals surface area contributed by atoms with Crippen molar-refractivity contribution >= 4 is 5.97 Å². The van der Waals surface area contributed by atoms with Gasteiger partial charge < -0.3 is 9.47 Å². The molecular formula is C28H52O3. The van der Waals surface area contributed by atoms with Gasteiger partial charge in [-0.2, -0.15) is 0 Å². The smallest absolute Gasteiger partial charge is 0.314 e. The van der Waals surface area contributed by atoms with Crippen molar-refractivity contribution in [2.75, 3.05) is 0 Å². The molecule has 0 heterocycles. The Balaban J connectivity index is 2.14. The average Bonchev–Trinajstić information content (AvgIpc) is 2.57. The molecule has 0 aromatic rings. The summed E-state index contributed by atoms with van der Waals surface area (Å²) in [5.41, 5.74) is -0.675. The molecule has 0 aromatic carbocycles. The van der Waals surface area contributed by atoms with Crippen LogP contribution in [0, 0.1) is 33.5 Å². The Morgan fingerprint density at radius 1 is 0.806 bits per heavy atom. The van der Waals surface area contributed by atoms with Crippen LogP contribution >= 0.6 is 0 Å². The van der Waals surface area contributed by atoms with Crippen molar-refractivity contribution in [1.29, 1.82) is 0 Å². The fourth-order valence-corrected chi connectivity index (χ4v) is 5.74. The first-order valence-corrected chi connectivity index (χ1v) is 12.9. The first-order chi connectivity index (χ1) is 14.0. The summed E-state index contributed by atoms with van der Waals surface area (Å²) in [6, 6.07) is 0. The van der Waals surface area contributed by atoms with E-state index in [1.165, 1.54) is 32.1 Å². The van der Waals surface area contributed by atoms with E-state index in [9.17, 15) is 4.79 Å². The lowest BCUT2D eigenvalue weighted by Crippen LogP contribution is -2.46. The van der Waals surface area contributed by atoms with Gasteiger partial charge in [0.25, 0.3) is 0 Å². The Labute approximate surface area is 193 Å². The zero-order valence-corrected chi connectivity index (χ0v) is 22.4. The highest BCUT2D eigenvalue weighted by molar-refractivity contribution is 5.77. The molecule has 2 rings (SSSR count). The molecule has 5 unspecified atom stereocenters. The zero-order valence-electron chi connectivity index (χ0n) is 22.4. The second kappa shape index (κ2) is 9.74. The molecule has 2 aliphatic rings. The minimum absolute atomic E-state index is 0.0369. The van der Waals surface area contributed by atoms with Gasteiger partial charge in [0.2, 0.25) is 6.29 Å². The van der Waals surface area contributed by atoms with Crippen molar-refractivity contribution < 1.29 is 14.3 Å². The molecule has 0 aliphatic heterocycles. The van der Waals surface area contributed by atoms with Crippen LogP contribution in [0.4, 0.5) is 0 Å². The van der Waals surface area contributed by atoms with Gasteiger partial charge in [0, 0.05) is 6.42 Å². The van der Waals surface area contributed by atoms with E-state index < -0.39 is 11.7 Å². The van der Waals surface area contributed by atoms with E-state index in [4.69, 9.17) is 9.47 Å². The Hall–Kier alpha value is -0.570. The normalized spacial score (nSPS) is 28.4. The number of hydrogen-bond donors (Lipinski definition) is 0. The predicted molar refractivity (Wildman–Crippen MR) is 130 cm³/mol. The van der Waals surface area contributed by atoms with Crippen LogP contribution in [-0.4, -0.2) is 18.4 Å². The monoisotopic (exact) mass is 436 g/mol. The van der Waals surface area contributed by atoms with Gasteiger partial charge in [0.05, 0.1) is 11.5 Å². The molecule has 0 saturated heterocycles. The van der Waals surface area contributed by atoms with Crippen LogP contribution in [-0.2, 0) is 14.3 Å². The third kappa shape index (κ3) is 7.76. The number of carbonyl (C=O) groups is 1. The van der Waals surface area contributed by atoms with Gasteiger partial charge in [0.1, 0.15) is 0 Å². The lowest BCUT2D eigenvalue weighted by molar-refractivity contribution is -0.217. The number of ether oxygens (including phenoxy) is 2. The molecule has 0 bridgehead atoms. The van der Waals surface area contributed by atoms with Crippen LogP contribution in [0.15, 0.2) is 0 Å². The molecule has 0 amide bonds. The maximum absolute atomic E-state index is 13.7. The van der Waals surface area contributed by atoms with Gasteiger partial charge in [-0.3, -0.25) is 4.79 Å². The first kappa shape index (κ1) is 26.7. The van der Waals surface area contributed by atoms with Crippen molar-refractivity contribution in [3.05, 3.63) is 0 Å². The third-order valence-corrected chi connectivity index (χ3v) is 7.84. The number of esters is 1. The lowest BCUT2D eigenvalue weighted by atomic mass is 9.61. The van der Waals surface area contributed by atoms with Crippen LogP contribution in [0.3, 0.4) is 0 Å². The van der Waals surface area contributed by atoms with E-state index in [0.29, 0.717) is 0 Å². The summed E-state index contributed by atoms with van der Waals surface area (Å²) in [7, 11) is 0. The summed E-state index contributed by atoms with van der Waals surface area (Å²) in [6.45, 7) is 21.8. The van der Waals surface area contributed by atoms with Gasteiger partial charge in [-0.15, -0.1) is 0 Å². The minimum Gasteiger partial charge on any atom is -0.435 e. The fourth-order valence-electron chi connectivity index (χ4n) is 5.74. The minimum atomic E-state index is -0.564. The van der Waals surface area contributed by atoms with Gasteiger partial charge in [-0.1, -0.05) is 88.0 Å². The Kier molecular flexibility index (Phi) is 8.38. The predicted octanol–water partition coefficient (Wildman–Crippen LogP) is 8.16. The molecule has 2 fully saturated rings. The molecule has 31 heavy (non-hydrogen) atoms. The van der Waals surface area contributed by atoms with E-state index in [0.717, 1.165) is 37.5 Å². The number of rotatable bonds is 6. The van der Waals surface area contributed by atoms with Crippen molar-refractivity contribution in [3.63, 3.8) is 0 Å². The highest BCUT2D eigenvalue weighted by Crippen LogP contribution is 2.48. The lowest BCUT2D eigenvalue weighted by Gasteiger charge is -2.45. The summed E-state index contributed by atoms with van der Waals surface area (Å²) in [5.74, 6) is 1.60. The zero-order chi connectivity index (χ0) is 23.7. The topological polar surface area (TPSA) is 35.5 Å². The van der Waals surface area contributed by atoms with Gasteiger partial charge in [-0.05, 0) is 60.7 Å². The number of carbonyl (C=O) groups excluding carboxylic acids is 1. The average molecular weight is 437 g/mol. The second-order valence-electron chi connectivity index (χ2n) is 14.3. The van der Waals surface area contributed by atoms with E-state index in [2.05, 4.69) is 69.2 Å². The van der Waals surface area contributed by atoms with Gasteiger partial charge in [0.15, 0.2) is 0 Å². The molecule has 5 atom stereocenters. The van der Waals surface area contributed by atoms with Gasteiger partial charge >= 0.3 is 5.97 Å². The van der Waals surface area contributed by atoms with E-state index in [-0.39, 0.29) is 28.3 Å². The first-order valence-electron chi connectivity index (χ1n) is 12.9. The molecule has 182 valence electrons. The fraction of sp³-hybridized carbons (Fsp3) is 0.964. The van der Waals surface area contributed by atoms with Crippen LogP contribution in [0.25, 0.3) is 0 Å². The molecular weight excluding hydrogens is 384 g/mol. The standard InChI is InChI=1S/C28H52O3/c1-25(2,3)18-23(30-22-16-15-20-13-11-12-14-21(20)17-22)31-24(29)28(10,27(7,8)9)19-26(4,5)6/h20-23H,11-19H2,1-10H3. The van der Waals surface area contributed by atoms with Crippen molar-refractivity contribution in [2.24, 2.45) is 33.5 Å². The summed E-state index contributed by atoms with van der Waals surface area (Å²) in [4.78, 5) is 13.7. The summed E-state index contributed by atoms with van der Waals surface area (Å²) in [5, 5.41) is 0. The van der Waals surface area contributed by atoms with E-state index >= 15 is 0 Å². The maximum Gasteiger partial charge on any atom is 0.314 e. The molecule has 0 spiro atoms. The van der Waals surface area contributed by atoms with Crippen LogP contribution in [0.1, 0.15) is 127 Å². The summed E-state index contributed by atoms with van der Waals surface area (Å²) < 4.78 is 12.8. The SMILES string of the molecule is CC(C)(C)CC(OC(=O)C(C)(CC(C)(C)C)C(C)(C)C)OC1CCC2CCCCC2C1. The molecule has 0 radical (unpaired) electrons. The Morgan fingerprint density at radius 3 is 1.90 bits per heavy atom. The quantitative estimate of drug-likeness (QED) is 0.311. The summed E-state index contributed by atoms with van der Waals surface area (Å²) >= 11 is 0. The molecule has 3 nitrogen and oxygen atoms in total. The van der Waals surface area contributed by atoms with E-state index in [1.54, 1.807) is 0 Å². The van der Waals surface area contributed by atoms with Crippen molar-refractivity contribution in [2.45, 2.75) is 139 Å². The molecule has 0 aromatic heterocycles. The van der Waals surface area contributed by atoms with Crippen molar-refractivity contribution in [3.8, 4) is 0 Å². The van der Waals surface area contributed by atoms with Crippen molar-refractivity contribution in [1.82, 2.24) is 0 Å². The van der Waals surface area contributed by atoms with Gasteiger partial charge in [-0.25, -0.2) is 0 Å². The van der Waals surface area contributed by atoms with Crippen LogP contribution in [0.5, 0.6) is 0 Å². The third-order valence-electron chi connectivity index (χ3n) is 7.84. The highest BCUT2D eigenvalue weighted by Gasteiger charge is 2.49. The van der Waals surface area contributed by atoms with Crippen LogP contribution < -0.4 is 0 Å². The molecule has 2 saturated carbocycles. The molecule has 2 aliphatic carbocycles. The molecule has 3 heteroatoms. The number of fused-ring (bicyclic) bond motifs is 1. The molecule has 0 N–H and O–H groups in total. The summed E-state index contributed by atoms with van der Waals surface area (Å²) in [6.07, 6.45) is 10.3. The Bertz CT molecular complexity index is 589. The van der Waals surface area contributed by atoms with Crippen LogP contribution in [0.2, 0.25) is 0 Å². The van der Waals surface area contributed by atoms with E-state index in [1.807, 2.05) is 0 Å². The number of hydrogen-bond acceptors (Lipinski definition) is 3.